The average Bonchev–Trinajstić information content (AvgIpc) is 2.83. The summed E-state index contributed by atoms with van der Waals surface area (Å²) >= 11 is 0. The summed E-state index contributed by atoms with van der Waals surface area (Å²) in [6.07, 6.45) is 4.05. The number of rotatable bonds is 6. The molecule has 2 aromatic rings. The first-order valence-corrected chi connectivity index (χ1v) is 11.0. The molecular formula is C27H44N2O4. The monoisotopic (exact) mass is 460 g/mol. The second-order valence-electron chi connectivity index (χ2n) is 6.90. The van der Waals surface area contributed by atoms with E-state index in [1.54, 1.807) is 7.11 Å². The van der Waals surface area contributed by atoms with Crippen molar-refractivity contribution in [3.63, 3.8) is 0 Å². The van der Waals surface area contributed by atoms with E-state index in [1.807, 2.05) is 40.8 Å². The van der Waals surface area contributed by atoms with Gasteiger partial charge in [0.25, 0.3) is 0 Å². The van der Waals surface area contributed by atoms with Crippen LogP contribution in [0.2, 0.25) is 0 Å². The van der Waals surface area contributed by atoms with Gasteiger partial charge in [0.1, 0.15) is 12.9 Å². The highest BCUT2D eigenvalue weighted by molar-refractivity contribution is 5.47. The zero-order valence-corrected chi connectivity index (χ0v) is 21.4. The van der Waals surface area contributed by atoms with Crippen LogP contribution in [0.3, 0.4) is 0 Å². The molecule has 0 radical (unpaired) electrons. The van der Waals surface area contributed by atoms with Gasteiger partial charge in [-0.05, 0) is 41.8 Å². The topological polar surface area (TPSA) is 90.8 Å². The zero-order chi connectivity index (χ0) is 25.9. The van der Waals surface area contributed by atoms with Crippen LogP contribution in [0.1, 0.15) is 45.2 Å². The molecule has 33 heavy (non-hydrogen) atoms. The summed E-state index contributed by atoms with van der Waals surface area (Å²) in [5.41, 5.74) is 4.97. The van der Waals surface area contributed by atoms with Gasteiger partial charge >= 0.3 is 0 Å². The van der Waals surface area contributed by atoms with E-state index in [-0.39, 0.29) is 12.5 Å². The first-order chi connectivity index (χ1) is 15.9. The maximum atomic E-state index is 8.00. The number of hydrogen-bond acceptors (Lipinski definition) is 6. The van der Waals surface area contributed by atoms with E-state index in [0.29, 0.717) is 6.61 Å². The second kappa shape index (κ2) is 27.0. The number of carbonyl (C=O) groups is 1. The number of aliphatic hydroxyl groups is 2. The van der Waals surface area contributed by atoms with Crippen LogP contribution in [0, 0.1) is 17.9 Å². The van der Waals surface area contributed by atoms with Crippen molar-refractivity contribution in [3.8, 4) is 12.0 Å². The fourth-order valence-electron chi connectivity index (χ4n) is 2.03. The van der Waals surface area contributed by atoms with Crippen molar-refractivity contribution in [1.82, 2.24) is 0 Å². The normalized spacial score (nSPS) is 8.39. The van der Waals surface area contributed by atoms with Gasteiger partial charge in [0.05, 0.1) is 13.2 Å². The van der Waals surface area contributed by atoms with Crippen LogP contribution in [-0.4, -0.2) is 51.4 Å². The Hall–Kier alpha value is -3.01. The van der Waals surface area contributed by atoms with E-state index in [0.717, 1.165) is 17.8 Å². The van der Waals surface area contributed by atoms with Crippen molar-refractivity contribution in [1.29, 1.82) is 0 Å². The van der Waals surface area contributed by atoms with Gasteiger partial charge in [-0.3, -0.25) is 0 Å². The molecule has 0 fully saturated rings. The van der Waals surface area contributed by atoms with Crippen LogP contribution in [0.15, 0.2) is 48.5 Å². The molecule has 0 aliphatic rings. The largest absolute Gasteiger partial charge is 0.462 e. The number of anilines is 2. The first-order valence-electron chi connectivity index (χ1n) is 11.0. The Morgan fingerprint density at radius 1 is 0.909 bits per heavy atom. The zero-order valence-electron chi connectivity index (χ0n) is 21.4. The maximum absolute atomic E-state index is 8.00. The molecule has 4 N–H and O–H groups in total. The summed E-state index contributed by atoms with van der Waals surface area (Å²) in [5, 5.41) is 22.1. The summed E-state index contributed by atoms with van der Waals surface area (Å²) in [4.78, 5) is 8.00. The Bertz CT molecular complexity index is 658. The van der Waals surface area contributed by atoms with E-state index < -0.39 is 0 Å². The number of ether oxygens (including phenoxy) is 1. The molecule has 186 valence electrons. The molecule has 0 atom stereocenters. The van der Waals surface area contributed by atoms with Crippen LogP contribution >= 0.6 is 0 Å². The van der Waals surface area contributed by atoms with Crippen molar-refractivity contribution in [2.75, 3.05) is 45.1 Å². The Labute approximate surface area is 201 Å². The molecule has 0 aliphatic carbocycles. The van der Waals surface area contributed by atoms with Gasteiger partial charge in [-0.15, -0.1) is 0 Å². The Morgan fingerprint density at radius 2 is 1.27 bits per heavy atom. The Kier molecular flexibility index (Phi) is 28.3. The highest BCUT2D eigenvalue weighted by Gasteiger charge is 1.97. The average molecular weight is 461 g/mol. The molecule has 0 amide bonds. The van der Waals surface area contributed by atoms with E-state index in [9.17, 15) is 0 Å². The van der Waals surface area contributed by atoms with Crippen molar-refractivity contribution in [3.05, 3.63) is 59.7 Å². The smallest absolute Gasteiger partial charge is 0.107 e. The predicted octanol–water partition coefficient (Wildman–Crippen LogP) is 5.19. The second-order valence-corrected chi connectivity index (χ2v) is 6.90. The molecule has 0 heterocycles. The van der Waals surface area contributed by atoms with E-state index in [2.05, 4.69) is 83.7 Å². The maximum Gasteiger partial charge on any atom is 0.107 e. The quantitative estimate of drug-likeness (QED) is 0.443. The van der Waals surface area contributed by atoms with Crippen LogP contribution < -0.4 is 10.6 Å². The lowest BCUT2D eigenvalue weighted by Crippen LogP contribution is -1.92. The highest BCUT2D eigenvalue weighted by atomic mass is 16.5. The summed E-state index contributed by atoms with van der Waals surface area (Å²) in [5.74, 6) is 2.80. The van der Waals surface area contributed by atoms with Gasteiger partial charge in [-0.2, -0.15) is 0 Å². The molecule has 0 aliphatic heterocycles. The van der Waals surface area contributed by atoms with Gasteiger partial charge in [-0.1, -0.05) is 64.3 Å². The molecule has 0 aromatic heterocycles. The molecule has 0 saturated carbocycles. The van der Waals surface area contributed by atoms with E-state index >= 15 is 0 Å². The molecule has 0 unspecified atom stereocenters. The fraction of sp³-hybridized carbons (Fsp3) is 0.444. The van der Waals surface area contributed by atoms with Gasteiger partial charge in [0.15, 0.2) is 0 Å². The molecule has 0 bridgehead atoms. The number of aliphatic hydroxyl groups excluding tert-OH is 2. The molecule has 6 nitrogen and oxygen atoms in total. The highest BCUT2D eigenvalue weighted by Crippen LogP contribution is 2.15. The third kappa shape index (κ3) is 23.5. The van der Waals surface area contributed by atoms with Crippen molar-refractivity contribution < 1.29 is 19.7 Å². The number of carbonyl (C=O) groups excluding carboxylic acids is 1. The number of benzene rings is 2. The Balaban J connectivity index is -0.000000466. The van der Waals surface area contributed by atoms with Gasteiger partial charge < -0.3 is 30.4 Å². The molecule has 2 aromatic carbocycles. The summed E-state index contributed by atoms with van der Waals surface area (Å²) in [7, 11) is 5.42. The number of nitrogens with one attached hydrogen (secondary N) is 2. The lowest BCUT2D eigenvalue weighted by atomic mass is 10.0. The van der Waals surface area contributed by atoms with Crippen molar-refractivity contribution in [2.24, 2.45) is 5.92 Å². The lowest BCUT2D eigenvalue weighted by Gasteiger charge is -2.05. The van der Waals surface area contributed by atoms with E-state index in [1.165, 1.54) is 17.5 Å². The minimum absolute atomic E-state index is 0.122. The molecule has 6 heteroatoms. The van der Waals surface area contributed by atoms with E-state index in [4.69, 9.17) is 15.0 Å². The van der Waals surface area contributed by atoms with Gasteiger partial charge in [-0.25, -0.2) is 0 Å². The minimum Gasteiger partial charge on any atom is -0.462 e. The molecule has 2 rings (SSSR count). The third-order valence-corrected chi connectivity index (χ3v) is 3.54. The van der Waals surface area contributed by atoms with Crippen LogP contribution in [0.4, 0.5) is 11.4 Å². The van der Waals surface area contributed by atoms with Gasteiger partial charge in [0, 0.05) is 38.5 Å². The third-order valence-electron chi connectivity index (χ3n) is 3.54. The summed E-state index contributed by atoms with van der Waals surface area (Å²) < 4.78 is 4.44. The lowest BCUT2D eigenvalue weighted by molar-refractivity contribution is -0.0980. The predicted molar refractivity (Wildman–Crippen MR) is 141 cm³/mol. The standard InChI is InChI=1S/C15H18N2.C5H8O.C3H8O2.C3H8.CH2O/c1-16-14-7-3-12(4-8-14)11-13-5-9-15(17-2)10-6-13;1-5(2)3-4-6;1-5-3-2-4;1-3-2;1-2/h3-10,16-17H,11H2,1-2H3;5-6H,1-2H3;4H,2-3H2,1H3;3H2,1-2H3;1H2. The van der Waals surface area contributed by atoms with Crippen molar-refractivity contribution >= 4 is 18.2 Å². The Morgan fingerprint density at radius 3 is 1.42 bits per heavy atom. The molecule has 0 saturated heterocycles. The van der Waals surface area contributed by atoms with Crippen LogP contribution in [0.5, 0.6) is 0 Å². The summed E-state index contributed by atoms with van der Waals surface area (Å²) in [6.45, 7) is 10.7. The summed E-state index contributed by atoms with van der Waals surface area (Å²) in [6, 6.07) is 17.1. The first kappa shape index (κ1) is 34.6. The van der Waals surface area contributed by atoms with Gasteiger partial charge in [0.2, 0.25) is 0 Å². The van der Waals surface area contributed by atoms with Crippen LogP contribution in [-0.2, 0) is 16.0 Å². The fourth-order valence-corrected chi connectivity index (χ4v) is 2.03. The molecule has 0 spiro atoms. The van der Waals surface area contributed by atoms with Crippen LogP contribution in [0.25, 0.3) is 0 Å². The molecular weight excluding hydrogens is 416 g/mol. The number of hydrogen-bond donors (Lipinski definition) is 4. The SMILES string of the molecule is C=O.CC(C)C#CO.CCC.CNc1ccc(Cc2ccc(NC)cc2)cc1.COCCO. The minimum atomic E-state index is 0.122. The number of methoxy groups -OCH3 is 1. The van der Waals surface area contributed by atoms with Crippen molar-refractivity contribution in [2.45, 2.75) is 40.5 Å².